The number of nitrogens with zero attached hydrogens (tertiary/aromatic N) is 1. The second-order valence-corrected chi connectivity index (χ2v) is 5.95. The Labute approximate surface area is 146 Å². The summed E-state index contributed by atoms with van der Waals surface area (Å²) in [6.45, 7) is 2.84. The second-order valence-electron chi connectivity index (χ2n) is 4.24. The minimum Gasteiger partial charge on any atom is -0.314 e. The molecule has 1 saturated heterocycles. The summed E-state index contributed by atoms with van der Waals surface area (Å²) in [6, 6.07) is 4.50. The van der Waals surface area contributed by atoms with Gasteiger partial charge in [-0.25, -0.2) is 8.78 Å². The van der Waals surface area contributed by atoms with E-state index in [1.807, 2.05) is 4.90 Å². The molecule has 1 aromatic carbocycles. The van der Waals surface area contributed by atoms with Crippen LogP contribution >= 0.6 is 56.7 Å². The average Bonchev–Trinajstić information content (AvgIpc) is 2.35. The number of hydrogen-bond acceptors (Lipinski definition) is 2. The molecule has 0 aromatic heterocycles. The van der Waals surface area contributed by atoms with Crippen molar-refractivity contribution in [2.45, 2.75) is 12.5 Å². The standard InChI is InChI=1S/C12H14Br2F2N2.2ClH/c13-9-2-1-8(7-10(9)14)11(12(15)16)18-5-3-17-4-6-18;;/h1-2,7,11-12,17H,3-6H2;2*1H/t11-;;/m0../s1. The van der Waals surface area contributed by atoms with Crippen LogP contribution in [0, 0.1) is 0 Å². The van der Waals surface area contributed by atoms with Crippen LogP contribution in [-0.4, -0.2) is 37.5 Å². The van der Waals surface area contributed by atoms with Crippen LogP contribution in [0.2, 0.25) is 0 Å². The molecule has 0 spiro atoms. The summed E-state index contributed by atoms with van der Waals surface area (Å²) < 4.78 is 28.3. The van der Waals surface area contributed by atoms with Crippen molar-refractivity contribution >= 4 is 56.7 Å². The molecular weight excluding hydrogens is 441 g/mol. The van der Waals surface area contributed by atoms with Crippen LogP contribution in [0.3, 0.4) is 0 Å². The summed E-state index contributed by atoms with van der Waals surface area (Å²) in [5.74, 6) is 0. The molecule has 0 unspecified atom stereocenters. The van der Waals surface area contributed by atoms with Gasteiger partial charge in [0.25, 0.3) is 6.43 Å². The van der Waals surface area contributed by atoms with E-state index < -0.39 is 12.5 Å². The molecule has 0 saturated carbocycles. The van der Waals surface area contributed by atoms with E-state index in [-0.39, 0.29) is 24.8 Å². The Balaban J connectivity index is 0.00000180. The Morgan fingerprint density at radius 2 is 1.65 bits per heavy atom. The lowest BCUT2D eigenvalue weighted by Crippen LogP contribution is -2.46. The number of benzene rings is 1. The van der Waals surface area contributed by atoms with Gasteiger partial charge in [-0.1, -0.05) is 6.07 Å². The van der Waals surface area contributed by atoms with Crippen LogP contribution < -0.4 is 5.32 Å². The lowest BCUT2D eigenvalue weighted by molar-refractivity contribution is 0.0181. The lowest BCUT2D eigenvalue weighted by atomic mass is 10.1. The lowest BCUT2D eigenvalue weighted by Gasteiger charge is -2.34. The smallest absolute Gasteiger partial charge is 0.258 e. The maximum Gasteiger partial charge on any atom is 0.258 e. The number of halogens is 6. The number of rotatable bonds is 3. The molecule has 1 fully saturated rings. The molecule has 1 aromatic rings. The zero-order valence-corrected chi connectivity index (χ0v) is 15.3. The highest BCUT2D eigenvalue weighted by atomic mass is 79.9. The van der Waals surface area contributed by atoms with Crippen molar-refractivity contribution < 1.29 is 8.78 Å². The van der Waals surface area contributed by atoms with E-state index in [9.17, 15) is 8.78 Å². The SMILES string of the molecule is Cl.Cl.FC(F)[C@H](c1ccc(Br)c(Br)c1)N1CCNCC1. The van der Waals surface area contributed by atoms with Gasteiger partial charge in [0.05, 0.1) is 6.04 Å². The highest BCUT2D eigenvalue weighted by Crippen LogP contribution is 2.32. The molecule has 1 heterocycles. The number of hydrogen-bond donors (Lipinski definition) is 1. The fourth-order valence-corrected chi connectivity index (χ4v) is 2.82. The fraction of sp³-hybridized carbons (Fsp3) is 0.500. The number of piperazine rings is 1. The Morgan fingerprint density at radius 3 is 2.15 bits per heavy atom. The Morgan fingerprint density at radius 1 is 1.05 bits per heavy atom. The molecule has 0 amide bonds. The van der Waals surface area contributed by atoms with Crippen LogP contribution in [0.4, 0.5) is 8.78 Å². The largest absolute Gasteiger partial charge is 0.314 e. The first-order chi connectivity index (χ1) is 8.59. The summed E-state index contributed by atoms with van der Waals surface area (Å²) >= 11 is 6.72. The van der Waals surface area contributed by atoms with Crippen molar-refractivity contribution in [3.63, 3.8) is 0 Å². The van der Waals surface area contributed by atoms with Crippen LogP contribution in [0.15, 0.2) is 27.1 Å². The van der Waals surface area contributed by atoms with Crippen LogP contribution in [0.1, 0.15) is 11.6 Å². The molecular formula is C12H16Br2Cl2F2N2. The van der Waals surface area contributed by atoms with Crippen molar-refractivity contribution in [1.82, 2.24) is 10.2 Å². The van der Waals surface area contributed by atoms with Crippen LogP contribution in [0.25, 0.3) is 0 Å². The monoisotopic (exact) mass is 454 g/mol. The highest BCUT2D eigenvalue weighted by molar-refractivity contribution is 9.13. The molecule has 1 N–H and O–H groups in total. The summed E-state index contributed by atoms with van der Waals surface area (Å²) in [5.41, 5.74) is 0.655. The molecule has 0 bridgehead atoms. The highest BCUT2D eigenvalue weighted by Gasteiger charge is 2.30. The van der Waals surface area contributed by atoms with E-state index >= 15 is 0 Å². The minimum atomic E-state index is -2.38. The van der Waals surface area contributed by atoms with Gasteiger partial charge in [-0.3, -0.25) is 4.90 Å². The molecule has 1 atom stereocenters. The topological polar surface area (TPSA) is 15.3 Å². The van der Waals surface area contributed by atoms with Crippen molar-refractivity contribution in [3.05, 3.63) is 32.7 Å². The quantitative estimate of drug-likeness (QED) is 0.730. The van der Waals surface area contributed by atoms with Gasteiger partial charge >= 0.3 is 0 Å². The Kier molecular flexibility index (Phi) is 9.79. The first-order valence-electron chi connectivity index (χ1n) is 5.77. The van der Waals surface area contributed by atoms with E-state index in [0.29, 0.717) is 18.7 Å². The first kappa shape index (κ1) is 20.5. The third kappa shape index (κ3) is 5.07. The molecule has 2 nitrogen and oxygen atoms in total. The first-order valence-corrected chi connectivity index (χ1v) is 7.36. The average molecular weight is 457 g/mol. The summed E-state index contributed by atoms with van der Waals surface area (Å²) in [4.78, 5) is 1.84. The van der Waals surface area contributed by atoms with Crippen molar-refractivity contribution in [2.75, 3.05) is 26.2 Å². The van der Waals surface area contributed by atoms with Gasteiger partial charge < -0.3 is 5.32 Å². The molecule has 2 rings (SSSR count). The van der Waals surface area contributed by atoms with Crippen molar-refractivity contribution in [2.24, 2.45) is 0 Å². The Bertz CT molecular complexity index is 418. The molecule has 8 heteroatoms. The normalized spacial score (nSPS) is 17.2. The number of alkyl halides is 2. The van der Waals surface area contributed by atoms with Gasteiger partial charge in [0.15, 0.2) is 0 Å². The third-order valence-electron chi connectivity index (χ3n) is 3.07. The molecule has 0 aliphatic carbocycles. The summed E-state index contributed by atoms with van der Waals surface area (Å²) in [6.07, 6.45) is -2.38. The van der Waals surface area contributed by atoms with Crippen LogP contribution in [0.5, 0.6) is 0 Å². The van der Waals surface area contributed by atoms with Gasteiger partial charge in [0, 0.05) is 35.1 Å². The maximum absolute atomic E-state index is 13.3. The molecule has 0 radical (unpaired) electrons. The summed E-state index contributed by atoms with van der Waals surface area (Å²) in [5, 5.41) is 3.18. The van der Waals surface area contributed by atoms with E-state index in [0.717, 1.165) is 22.0 Å². The van der Waals surface area contributed by atoms with Crippen LogP contribution in [-0.2, 0) is 0 Å². The minimum absolute atomic E-state index is 0. The molecule has 20 heavy (non-hydrogen) atoms. The summed E-state index contributed by atoms with van der Waals surface area (Å²) in [7, 11) is 0. The predicted molar refractivity (Wildman–Crippen MR) is 89.5 cm³/mol. The zero-order valence-electron chi connectivity index (χ0n) is 10.5. The maximum atomic E-state index is 13.3. The van der Waals surface area contributed by atoms with Gasteiger partial charge in [-0.05, 0) is 49.6 Å². The predicted octanol–water partition coefficient (Wildman–Crippen LogP) is 4.27. The van der Waals surface area contributed by atoms with Gasteiger partial charge in [-0.15, -0.1) is 24.8 Å². The fourth-order valence-electron chi connectivity index (χ4n) is 2.17. The number of nitrogens with one attached hydrogen (secondary N) is 1. The van der Waals surface area contributed by atoms with E-state index in [1.165, 1.54) is 0 Å². The molecule has 1 aliphatic rings. The Hall–Kier alpha value is 0.540. The molecule has 116 valence electrons. The third-order valence-corrected chi connectivity index (χ3v) is 4.95. The zero-order chi connectivity index (χ0) is 13.1. The van der Waals surface area contributed by atoms with E-state index in [2.05, 4.69) is 37.2 Å². The second kappa shape index (κ2) is 9.54. The molecule has 1 aliphatic heterocycles. The van der Waals surface area contributed by atoms with Gasteiger partial charge in [-0.2, -0.15) is 0 Å². The van der Waals surface area contributed by atoms with Crippen molar-refractivity contribution in [1.29, 1.82) is 0 Å². The van der Waals surface area contributed by atoms with E-state index in [1.54, 1.807) is 18.2 Å². The van der Waals surface area contributed by atoms with Gasteiger partial charge in [0.2, 0.25) is 0 Å². The van der Waals surface area contributed by atoms with Gasteiger partial charge in [0.1, 0.15) is 0 Å². The van der Waals surface area contributed by atoms with Crippen molar-refractivity contribution in [3.8, 4) is 0 Å². The van der Waals surface area contributed by atoms with E-state index in [4.69, 9.17) is 0 Å².